The van der Waals surface area contributed by atoms with Crippen molar-refractivity contribution < 1.29 is 9.84 Å². The molecule has 1 heterocycles. The monoisotopic (exact) mass is 249 g/mol. The van der Waals surface area contributed by atoms with Crippen molar-refractivity contribution in [1.29, 1.82) is 0 Å². The first kappa shape index (κ1) is 13.4. The van der Waals surface area contributed by atoms with Crippen LogP contribution in [0.2, 0.25) is 0 Å². The minimum absolute atomic E-state index is 0.0941. The van der Waals surface area contributed by atoms with Crippen molar-refractivity contribution in [1.82, 2.24) is 4.90 Å². The van der Waals surface area contributed by atoms with Crippen molar-refractivity contribution >= 4 is 0 Å². The highest BCUT2D eigenvalue weighted by Crippen LogP contribution is 2.14. The van der Waals surface area contributed by atoms with Crippen molar-refractivity contribution in [2.75, 3.05) is 26.2 Å². The summed E-state index contributed by atoms with van der Waals surface area (Å²) in [5.74, 6) is 0.964. The molecule has 0 aliphatic carbocycles. The Bertz CT molecular complexity index is 359. The van der Waals surface area contributed by atoms with Crippen molar-refractivity contribution in [3.05, 3.63) is 29.8 Å². The van der Waals surface area contributed by atoms with Gasteiger partial charge in [0.25, 0.3) is 0 Å². The van der Waals surface area contributed by atoms with Crippen LogP contribution in [0.4, 0.5) is 0 Å². The van der Waals surface area contributed by atoms with Gasteiger partial charge in [0.05, 0.1) is 6.10 Å². The highest BCUT2D eigenvalue weighted by Gasteiger charge is 2.16. The lowest BCUT2D eigenvalue weighted by Gasteiger charge is -2.29. The maximum absolute atomic E-state index is 9.43. The molecule has 0 unspecified atom stereocenters. The minimum atomic E-state index is -0.0941. The van der Waals surface area contributed by atoms with Crippen LogP contribution in [0, 0.1) is 0 Å². The molecule has 100 valence electrons. The van der Waals surface area contributed by atoms with E-state index in [2.05, 4.69) is 24.0 Å². The van der Waals surface area contributed by atoms with Gasteiger partial charge in [0.2, 0.25) is 0 Å². The number of nitrogens with zero attached hydrogens (tertiary/aromatic N) is 1. The standard InChI is InChI=1S/C15H23NO2/c1-2-13-4-3-5-15(12-13)18-11-10-16-8-6-14(17)7-9-16/h3-5,12,14,17H,2,6-11H2,1H3. The Hall–Kier alpha value is -1.06. The van der Waals surface area contributed by atoms with Gasteiger partial charge in [-0.15, -0.1) is 0 Å². The van der Waals surface area contributed by atoms with Crippen LogP contribution < -0.4 is 4.74 Å². The summed E-state index contributed by atoms with van der Waals surface area (Å²) in [5.41, 5.74) is 1.31. The van der Waals surface area contributed by atoms with E-state index in [4.69, 9.17) is 4.74 Å². The summed E-state index contributed by atoms with van der Waals surface area (Å²) in [4.78, 5) is 2.36. The van der Waals surface area contributed by atoms with E-state index in [1.165, 1.54) is 5.56 Å². The fourth-order valence-corrected chi connectivity index (χ4v) is 2.29. The topological polar surface area (TPSA) is 32.7 Å². The second-order valence-corrected chi connectivity index (χ2v) is 4.92. The molecule has 1 saturated heterocycles. The van der Waals surface area contributed by atoms with Crippen LogP contribution in [0.25, 0.3) is 0 Å². The second kappa shape index (κ2) is 6.76. The van der Waals surface area contributed by atoms with Gasteiger partial charge in [-0.25, -0.2) is 0 Å². The molecular weight excluding hydrogens is 226 g/mol. The molecule has 0 saturated carbocycles. The molecular formula is C15H23NO2. The first-order valence-electron chi connectivity index (χ1n) is 6.90. The normalized spacial score (nSPS) is 17.9. The minimum Gasteiger partial charge on any atom is -0.492 e. The fraction of sp³-hybridized carbons (Fsp3) is 0.600. The Morgan fingerprint density at radius 2 is 2.11 bits per heavy atom. The van der Waals surface area contributed by atoms with Gasteiger partial charge in [0, 0.05) is 19.6 Å². The van der Waals surface area contributed by atoms with E-state index in [-0.39, 0.29) is 6.10 Å². The summed E-state index contributed by atoms with van der Waals surface area (Å²) in [5, 5.41) is 9.43. The number of aliphatic hydroxyl groups is 1. The van der Waals surface area contributed by atoms with Crippen LogP contribution in [-0.4, -0.2) is 42.4 Å². The molecule has 1 aromatic rings. The van der Waals surface area contributed by atoms with E-state index in [0.717, 1.165) is 51.3 Å². The van der Waals surface area contributed by atoms with E-state index in [0.29, 0.717) is 0 Å². The molecule has 2 rings (SSSR count). The first-order valence-corrected chi connectivity index (χ1v) is 6.90. The van der Waals surface area contributed by atoms with Gasteiger partial charge in [0.15, 0.2) is 0 Å². The SMILES string of the molecule is CCc1cccc(OCCN2CCC(O)CC2)c1. The number of rotatable bonds is 5. The number of aliphatic hydroxyl groups excluding tert-OH is 1. The molecule has 0 bridgehead atoms. The summed E-state index contributed by atoms with van der Waals surface area (Å²) in [7, 11) is 0. The number of benzene rings is 1. The lowest BCUT2D eigenvalue weighted by atomic mass is 10.1. The quantitative estimate of drug-likeness (QED) is 0.867. The Balaban J connectivity index is 1.71. The summed E-state index contributed by atoms with van der Waals surface area (Å²) in [6.45, 7) is 5.80. The van der Waals surface area contributed by atoms with E-state index >= 15 is 0 Å². The maximum atomic E-state index is 9.43. The zero-order chi connectivity index (χ0) is 12.8. The van der Waals surface area contributed by atoms with Crippen molar-refractivity contribution in [3.63, 3.8) is 0 Å². The molecule has 3 heteroatoms. The Morgan fingerprint density at radius 1 is 1.33 bits per heavy atom. The zero-order valence-corrected chi connectivity index (χ0v) is 11.1. The van der Waals surface area contributed by atoms with Crippen molar-refractivity contribution in [2.24, 2.45) is 0 Å². The highest BCUT2D eigenvalue weighted by atomic mass is 16.5. The number of ether oxygens (including phenoxy) is 1. The molecule has 1 aliphatic rings. The van der Waals surface area contributed by atoms with Gasteiger partial charge >= 0.3 is 0 Å². The first-order chi connectivity index (χ1) is 8.78. The van der Waals surface area contributed by atoms with Gasteiger partial charge < -0.3 is 9.84 Å². The number of aryl methyl sites for hydroxylation is 1. The summed E-state index contributed by atoms with van der Waals surface area (Å²) in [6, 6.07) is 8.30. The molecule has 3 nitrogen and oxygen atoms in total. The van der Waals surface area contributed by atoms with Gasteiger partial charge in [-0.1, -0.05) is 19.1 Å². The lowest BCUT2D eigenvalue weighted by Crippen LogP contribution is -2.38. The average molecular weight is 249 g/mol. The van der Waals surface area contributed by atoms with Crippen LogP contribution >= 0.6 is 0 Å². The van der Waals surface area contributed by atoms with Gasteiger partial charge in [-0.3, -0.25) is 4.90 Å². The number of hydrogen-bond donors (Lipinski definition) is 1. The van der Waals surface area contributed by atoms with Gasteiger partial charge in [-0.2, -0.15) is 0 Å². The van der Waals surface area contributed by atoms with Gasteiger partial charge in [-0.05, 0) is 37.0 Å². The third-order valence-electron chi connectivity index (χ3n) is 3.54. The van der Waals surface area contributed by atoms with E-state index in [9.17, 15) is 5.11 Å². The largest absolute Gasteiger partial charge is 0.492 e. The highest BCUT2D eigenvalue weighted by molar-refractivity contribution is 5.28. The van der Waals surface area contributed by atoms with Crippen LogP contribution in [0.3, 0.4) is 0 Å². The summed E-state index contributed by atoms with van der Waals surface area (Å²) < 4.78 is 5.77. The molecule has 1 aliphatic heterocycles. The molecule has 0 aromatic heterocycles. The molecule has 0 amide bonds. The average Bonchev–Trinajstić information content (AvgIpc) is 2.41. The van der Waals surface area contributed by atoms with E-state index in [1.807, 2.05) is 12.1 Å². The number of piperidine rings is 1. The van der Waals surface area contributed by atoms with E-state index in [1.54, 1.807) is 0 Å². The molecule has 0 atom stereocenters. The summed E-state index contributed by atoms with van der Waals surface area (Å²) >= 11 is 0. The predicted octanol–water partition coefficient (Wildman–Crippen LogP) is 2.08. The number of hydrogen-bond acceptors (Lipinski definition) is 3. The second-order valence-electron chi connectivity index (χ2n) is 4.92. The number of likely N-dealkylation sites (tertiary alicyclic amines) is 1. The molecule has 0 spiro atoms. The predicted molar refractivity (Wildman–Crippen MR) is 73.0 cm³/mol. The Labute approximate surface area is 109 Å². The Morgan fingerprint density at radius 3 is 2.83 bits per heavy atom. The lowest BCUT2D eigenvalue weighted by molar-refractivity contribution is 0.0755. The van der Waals surface area contributed by atoms with Crippen LogP contribution in [0.15, 0.2) is 24.3 Å². The summed E-state index contributed by atoms with van der Waals surface area (Å²) in [6.07, 6.45) is 2.74. The van der Waals surface area contributed by atoms with Crippen LogP contribution in [0.1, 0.15) is 25.3 Å². The van der Waals surface area contributed by atoms with Gasteiger partial charge in [0.1, 0.15) is 12.4 Å². The van der Waals surface area contributed by atoms with Crippen LogP contribution in [-0.2, 0) is 6.42 Å². The smallest absolute Gasteiger partial charge is 0.119 e. The molecule has 1 N–H and O–H groups in total. The molecule has 0 radical (unpaired) electrons. The third kappa shape index (κ3) is 4.00. The molecule has 1 fully saturated rings. The van der Waals surface area contributed by atoms with E-state index < -0.39 is 0 Å². The maximum Gasteiger partial charge on any atom is 0.119 e. The fourth-order valence-electron chi connectivity index (χ4n) is 2.29. The zero-order valence-electron chi connectivity index (χ0n) is 11.1. The third-order valence-corrected chi connectivity index (χ3v) is 3.54. The van der Waals surface area contributed by atoms with Crippen molar-refractivity contribution in [3.8, 4) is 5.75 Å². The van der Waals surface area contributed by atoms with Crippen molar-refractivity contribution in [2.45, 2.75) is 32.3 Å². The molecule has 18 heavy (non-hydrogen) atoms. The van der Waals surface area contributed by atoms with Crippen LogP contribution in [0.5, 0.6) is 5.75 Å². The molecule has 1 aromatic carbocycles. The Kier molecular flexibility index (Phi) is 5.02.